The summed E-state index contributed by atoms with van der Waals surface area (Å²) in [6.45, 7) is 7.68. The third-order valence-electron chi connectivity index (χ3n) is 13.2. The van der Waals surface area contributed by atoms with E-state index in [9.17, 15) is 9.59 Å². The number of guanidine groups is 1. The molecule has 0 unspecified atom stereocenters. The molecule has 0 aromatic heterocycles. The second-order valence-corrected chi connectivity index (χ2v) is 17.7. The minimum absolute atomic E-state index is 0.0385. The first kappa shape index (κ1) is 44.9. The molecule has 5 heterocycles. The van der Waals surface area contributed by atoms with Crippen LogP contribution in [0.3, 0.4) is 0 Å². The molecule has 2 spiro atoms. The summed E-state index contributed by atoms with van der Waals surface area (Å²) in [5.74, 6) is 0.626. The molecule has 3 saturated heterocycles. The standard InChI is InChI=1S/C45H80N6O5/c1-3-38-24-16-17-28-44(56-38)35-37-26-27-39-41(45(29-21-23-36(2)55-45)49-43(48-44)51(37)39)42(53)54-34-20-14-12-10-8-6-4-5-7-9-11-13-15-25-40(52)50(33-22-31-47)32-19-18-30-46/h16,24,36-39,41H,3-15,17-23,25-35,46-47H2,1-2H3,(H,48,49)/t36-,37+,38+,39-,41-,44+,45-/m0/s1. The molecule has 0 saturated carbocycles. The zero-order valence-corrected chi connectivity index (χ0v) is 35.5. The number of aliphatic imine (C=N–C) groups is 1. The van der Waals surface area contributed by atoms with Crippen LogP contribution in [0.15, 0.2) is 17.1 Å². The lowest BCUT2D eigenvalue weighted by atomic mass is 9.80. The van der Waals surface area contributed by atoms with Gasteiger partial charge in [-0.1, -0.05) is 89.7 Å². The van der Waals surface area contributed by atoms with Crippen LogP contribution in [-0.2, 0) is 23.8 Å². The minimum atomic E-state index is -0.878. The van der Waals surface area contributed by atoms with E-state index >= 15 is 0 Å². The van der Waals surface area contributed by atoms with Crippen LogP contribution in [-0.4, -0.2) is 96.2 Å². The quantitative estimate of drug-likeness (QED) is 0.0479. The molecule has 3 fully saturated rings. The fourth-order valence-electron chi connectivity index (χ4n) is 10.1. The van der Waals surface area contributed by atoms with E-state index in [1.165, 1.54) is 57.8 Å². The number of esters is 1. The molecule has 7 atom stereocenters. The van der Waals surface area contributed by atoms with Crippen molar-refractivity contribution >= 4 is 17.8 Å². The lowest BCUT2D eigenvalue weighted by molar-refractivity contribution is -0.194. The van der Waals surface area contributed by atoms with Crippen molar-refractivity contribution in [2.24, 2.45) is 22.4 Å². The fourth-order valence-corrected chi connectivity index (χ4v) is 10.1. The molecule has 0 aliphatic carbocycles. The number of unbranched alkanes of at least 4 members (excludes halogenated alkanes) is 13. The lowest BCUT2D eigenvalue weighted by Gasteiger charge is -2.55. The predicted molar refractivity (Wildman–Crippen MR) is 225 cm³/mol. The average molecular weight is 785 g/mol. The van der Waals surface area contributed by atoms with Crippen LogP contribution in [0.4, 0.5) is 0 Å². The maximum atomic E-state index is 14.0. The molecule has 0 radical (unpaired) electrons. The smallest absolute Gasteiger partial charge is 0.316 e. The van der Waals surface area contributed by atoms with Crippen LogP contribution in [0.5, 0.6) is 0 Å². The van der Waals surface area contributed by atoms with Gasteiger partial charge < -0.3 is 40.8 Å². The van der Waals surface area contributed by atoms with E-state index < -0.39 is 17.4 Å². The molecular weight excluding hydrogens is 705 g/mol. The highest BCUT2D eigenvalue weighted by Gasteiger charge is 2.62. The Labute approximate surface area is 339 Å². The Morgan fingerprint density at radius 2 is 1.55 bits per heavy atom. The van der Waals surface area contributed by atoms with Crippen molar-refractivity contribution in [1.29, 1.82) is 0 Å². The average Bonchev–Trinajstić information content (AvgIpc) is 3.49. The van der Waals surface area contributed by atoms with Crippen LogP contribution >= 0.6 is 0 Å². The Bertz CT molecular complexity index is 1250. The summed E-state index contributed by atoms with van der Waals surface area (Å²) in [6.07, 6.45) is 32.2. The number of hydrogen-bond acceptors (Lipinski definition) is 10. The highest BCUT2D eigenvalue weighted by molar-refractivity contribution is 5.87. The Hall–Kier alpha value is -2.21. The van der Waals surface area contributed by atoms with E-state index in [0.29, 0.717) is 32.2 Å². The number of nitrogens with zero attached hydrogens (tertiary/aromatic N) is 3. The highest BCUT2D eigenvalue weighted by atomic mass is 16.6. The number of ether oxygens (including phenoxy) is 3. The first-order valence-electron chi connectivity index (χ1n) is 23.4. The molecule has 11 nitrogen and oxygen atoms in total. The van der Waals surface area contributed by atoms with Crippen molar-refractivity contribution in [3.8, 4) is 0 Å². The van der Waals surface area contributed by atoms with E-state index in [1.54, 1.807) is 0 Å². The van der Waals surface area contributed by atoms with Gasteiger partial charge in [-0.05, 0) is 103 Å². The minimum Gasteiger partial charge on any atom is -0.465 e. The number of hydrogen-bond donors (Lipinski definition) is 3. The monoisotopic (exact) mass is 785 g/mol. The number of carbonyl (C=O) groups excluding carboxylic acids is 2. The molecule has 5 N–H and O–H groups in total. The van der Waals surface area contributed by atoms with Crippen LogP contribution in [0.2, 0.25) is 0 Å². The van der Waals surface area contributed by atoms with E-state index in [-0.39, 0.29) is 30.1 Å². The summed E-state index contributed by atoms with van der Waals surface area (Å²) in [4.78, 5) is 36.5. The third-order valence-corrected chi connectivity index (χ3v) is 13.2. The first-order valence-corrected chi connectivity index (χ1v) is 23.4. The zero-order chi connectivity index (χ0) is 39.6. The van der Waals surface area contributed by atoms with Gasteiger partial charge in [-0.2, -0.15) is 0 Å². The molecule has 5 aliphatic rings. The highest BCUT2D eigenvalue weighted by Crippen LogP contribution is 2.50. The molecule has 0 aromatic carbocycles. The number of carbonyl (C=O) groups is 2. The van der Waals surface area contributed by atoms with E-state index in [0.717, 1.165) is 122 Å². The van der Waals surface area contributed by atoms with Crippen LogP contribution in [0, 0.1) is 5.92 Å². The molecule has 11 heteroatoms. The normalized spacial score (nSPS) is 29.5. The zero-order valence-electron chi connectivity index (χ0n) is 35.5. The van der Waals surface area contributed by atoms with E-state index in [1.807, 2.05) is 4.90 Å². The molecule has 0 bridgehead atoms. The Morgan fingerprint density at radius 3 is 2.23 bits per heavy atom. The van der Waals surface area contributed by atoms with Gasteiger partial charge in [0, 0.05) is 32.0 Å². The Balaban J connectivity index is 0.945. The molecule has 5 rings (SSSR count). The second-order valence-electron chi connectivity index (χ2n) is 17.7. The van der Waals surface area contributed by atoms with Gasteiger partial charge in [-0.3, -0.25) is 9.59 Å². The van der Waals surface area contributed by atoms with Gasteiger partial charge in [0.2, 0.25) is 5.91 Å². The van der Waals surface area contributed by atoms with Crippen LogP contribution in [0.1, 0.15) is 181 Å². The van der Waals surface area contributed by atoms with Gasteiger partial charge in [-0.25, -0.2) is 4.99 Å². The van der Waals surface area contributed by atoms with Crippen molar-refractivity contribution in [3.05, 3.63) is 12.2 Å². The van der Waals surface area contributed by atoms with Gasteiger partial charge in [0.05, 0.1) is 24.9 Å². The maximum absolute atomic E-state index is 14.0. The van der Waals surface area contributed by atoms with Crippen LogP contribution in [0.25, 0.3) is 0 Å². The van der Waals surface area contributed by atoms with Crippen LogP contribution < -0.4 is 16.8 Å². The summed E-state index contributed by atoms with van der Waals surface area (Å²) in [5.41, 5.74) is 9.99. The van der Waals surface area contributed by atoms with Crippen molar-refractivity contribution in [2.75, 3.05) is 32.8 Å². The predicted octanol–water partition coefficient (Wildman–Crippen LogP) is 7.85. The second kappa shape index (κ2) is 23.4. The number of nitrogens with two attached hydrogens (primary N) is 2. The topological polar surface area (TPSA) is 145 Å². The molecule has 320 valence electrons. The summed E-state index contributed by atoms with van der Waals surface area (Å²) in [6, 6.07) is 0.342. The van der Waals surface area contributed by atoms with Crippen molar-refractivity contribution in [3.63, 3.8) is 0 Å². The molecular formula is C45H80N6O5. The van der Waals surface area contributed by atoms with Crippen molar-refractivity contribution < 1.29 is 23.8 Å². The van der Waals surface area contributed by atoms with Crippen molar-refractivity contribution in [2.45, 2.75) is 217 Å². The van der Waals surface area contributed by atoms with E-state index in [2.05, 4.69) is 36.2 Å². The summed E-state index contributed by atoms with van der Waals surface area (Å²) < 4.78 is 19.6. The number of nitrogens with one attached hydrogen (secondary N) is 1. The fraction of sp³-hybridized carbons (Fsp3) is 0.889. The van der Waals surface area contributed by atoms with Gasteiger partial charge in [-0.15, -0.1) is 0 Å². The molecule has 1 amide bonds. The number of allylic oxidation sites excluding steroid dienone is 1. The number of rotatable bonds is 25. The first-order chi connectivity index (χ1) is 27.3. The third kappa shape index (κ3) is 12.6. The Kier molecular flexibility index (Phi) is 18.8. The lowest BCUT2D eigenvalue weighted by Crippen LogP contribution is -2.71. The number of amides is 1. The van der Waals surface area contributed by atoms with Crippen molar-refractivity contribution in [1.82, 2.24) is 15.1 Å². The van der Waals surface area contributed by atoms with Gasteiger partial charge in [0.15, 0.2) is 11.7 Å². The van der Waals surface area contributed by atoms with E-state index in [4.69, 9.17) is 30.7 Å². The summed E-state index contributed by atoms with van der Waals surface area (Å²) in [5, 5.41) is 3.80. The summed E-state index contributed by atoms with van der Waals surface area (Å²) >= 11 is 0. The largest absolute Gasteiger partial charge is 0.465 e. The van der Waals surface area contributed by atoms with Gasteiger partial charge in [0.1, 0.15) is 11.6 Å². The molecule has 0 aromatic rings. The molecule has 56 heavy (non-hydrogen) atoms. The summed E-state index contributed by atoms with van der Waals surface area (Å²) in [7, 11) is 0. The van der Waals surface area contributed by atoms with Gasteiger partial charge >= 0.3 is 5.97 Å². The molecule has 5 aliphatic heterocycles. The Morgan fingerprint density at radius 1 is 0.875 bits per heavy atom. The SMILES string of the molecule is CC[C@@H]1C=CCC[C@]2(C[C@H]3CC[C@H]4[C@@H](C(=O)OCCCCCCCCCCCCCCCC(=O)N(CCCN)CCCCN)[C@@]5(CCC[C@H](C)O5)N=C(N2)N34)O1. The maximum Gasteiger partial charge on any atom is 0.316 e. The van der Waals surface area contributed by atoms with Gasteiger partial charge in [0.25, 0.3) is 0 Å².